The summed E-state index contributed by atoms with van der Waals surface area (Å²) in [6.07, 6.45) is 0.386. The molecule has 4 aromatic rings. The standard InChI is InChI=1S/C25H21BrNO3P/c26-31(22-10-4-1-5-11-22,23-12-6-2-7-13-23,24-14-8-3-9-15-24)19-20-18-21(27(29)30)16-17-25(20)28/h1-18,28H,19H2. The maximum absolute atomic E-state index is 11.4. The first-order valence-electron chi connectivity index (χ1n) is 9.79. The van der Waals surface area contributed by atoms with Crippen molar-refractivity contribution in [1.29, 1.82) is 0 Å². The van der Waals surface area contributed by atoms with Crippen LogP contribution >= 0.6 is 20.8 Å². The summed E-state index contributed by atoms with van der Waals surface area (Å²) < 4.78 is 0. The Kier molecular flexibility index (Phi) is 5.65. The summed E-state index contributed by atoms with van der Waals surface area (Å²) >= 11 is 4.30. The van der Waals surface area contributed by atoms with E-state index in [0.717, 1.165) is 15.9 Å². The number of rotatable bonds is 6. The van der Waals surface area contributed by atoms with Gasteiger partial charge >= 0.3 is 189 Å². The maximum atomic E-state index is 11.4. The van der Waals surface area contributed by atoms with Crippen LogP contribution in [0.3, 0.4) is 0 Å². The van der Waals surface area contributed by atoms with Gasteiger partial charge in [0.25, 0.3) is 0 Å². The van der Waals surface area contributed by atoms with Crippen molar-refractivity contribution in [2.75, 3.05) is 0 Å². The topological polar surface area (TPSA) is 63.4 Å². The molecule has 0 bridgehead atoms. The molecule has 6 heteroatoms. The minimum absolute atomic E-state index is 0.0421. The van der Waals surface area contributed by atoms with E-state index in [4.69, 9.17) is 0 Å². The molecule has 4 nitrogen and oxygen atoms in total. The molecule has 0 radical (unpaired) electrons. The van der Waals surface area contributed by atoms with Crippen molar-refractivity contribution in [2.45, 2.75) is 6.16 Å². The molecule has 0 aliphatic rings. The predicted octanol–water partition coefficient (Wildman–Crippen LogP) is 5.64. The zero-order valence-electron chi connectivity index (χ0n) is 16.6. The summed E-state index contributed by atoms with van der Waals surface area (Å²) in [6.45, 7) is 0. The van der Waals surface area contributed by atoms with Gasteiger partial charge in [-0.25, -0.2) is 0 Å². The van der Waals surface area contributed by atoms with Crippen LogP contribution in [0.15, 0.2) is 109 Å². The number of phenolic OH excluding ortho intramolecular Hbond substituents is 1. The van der Waals surface area contributed by atoms with Crippen molar-refractivity contribution >= 4 is 42.4 Å². The van der Waals surface area contributed by atoms with Gasteiger partial charge in [-0.3, -0.25) is 0 Å². The van der Waals surface area contributed by atoms with Gasteiger partial charge in [0.2, 0.25) is 0 Å². The van der Waals surface area contributed by atoms with E-state index in [0.29, 0.717) is 11.7 Å². The molecule has 0 aliphatic carbocycles. The number of hydrogen-bond donors (Lipinski definition) is 1. The van der Waals surface area contributed by atoms with Gasteiger partial charge in [-0.05, 0) is 0 Å². The van der Waals surface area contributed by atoms with E-state index >= 15 is 0 Å². The Balaban J connectivity index is 2.09. The summed E-state index contributed by atoms with van der Waals surface area (Å²) in [4.78, 5) is 11.0. The second-order valence-corrected chi connectivity index (χ2v) is 16.3. The van der Waals surface area contributed by atoms with Gasteiger partial charge in [0.15, 0.2) is 0 Å². The molecule has 1 N–H and O–H groups in total. The molecule has 0 unspecified atom stereocenters. The number of non-ortho nitro benzene ring substituents is 1. The van der Waals surface area contributed by atoms with Crippen LogP contribution < -0.4 is 15.9 Å². The first-order chi connectivity index (χ1) is 14.9. The molecule has 0 aromatic heterocycles. The van der Waals surface area contributed by atoms with Crippen LogP contribution in [0.1, 0.15) is 5.56 Å². The number of phenols is 1. The third-order valence-corrected chi connectivity index (χ3v) is 15.1. The molecule has 156 valence electrons. The number of nitro groups is 1. The van der Waals surface area contributed by atoms with Gasteiger partial charge < -0.3 is 0 Å². The van der Waals surface area contributed by atoms with Crippen molar-refractivity contribution in [3.63, 3.8) is 0 Å². The van der Waals surface area contributed by atoms with E-state index in [9.17, 15) is 15.2 Å². The average Bonchev–Trinajstić information content (AvgIpc) is 2.82. The van der Waals surface area contributed by atoms with Crippen LogP contribution in [0.25, 0.3) is 0 Å². The van der Waals surface area contributed by atoms with Crippen molar-refractivity contribution in [2.24, 2.45) is 0 Å². The van der Waals surface area contributed by atoms with Gasteiger partial charge in [0.05, 0.1) is 0 Å². The number of aromatic hydroxyl groups is 1. The summed E-state index contributed by atoms with van der Waals surface area (Å²) in [7, 11) is 0. The quantitative estimate of drug-likeness (QED) is 0.214. The van der Waals surface area contributed by atoms with Crippen molar-refractivity contribution < 1.29 is 10.0 Å². The van der Waals surface area contributed by atoms with E-state index in [1.54, 1.807) is 0 Å². The third-order valence-electron chi connectivity index (χ3n) is 5.62. The van der Waals surface area contributed by atoms with Crippen molar-refractivity contribution in [1.82, 2.24) is 0 Å². The normalized spacial score (nSPS) is 12.6. The van der Waals surface area contributed by atoms with Crippen LogP contribution in [-0.2, 0) is 6.16 Å². The molecule has 0 fully saturated rings. The Hall–Kier alpha value is -3.01. The predicted molar refractivity (Wildman–Crippen MR) is 133 cm³/mol. The Morgan fingerprint density at radius 3 is 1.55 bits per heavy atom. The van der Waals surface area contributed by atoms with Crippen LogP contribution in [-0.4, -0.2) is 10.0 Å². The van der Waals surface area contributed by atoms with Gasteiger partial charge in [-0.15, -0.1) is 0 Å². The monoisotopic (exact) mass is 493 g/mol. The zero-order valence-corrected chi connectivity index (χ0v) is 19.1. The van der Waals surface area contributed by atoms with E-state index in [-0.39, 0.29) is 11.4 Å². The summed E-state index contributed by atoms with van der Waals surface area (Å²) in [5.41, 5.74) is 0.486. The van der Waals surface area contributed by atoms with Crippen LogP contribution in [0, 0.1) is 10.1 Å². The average molecular weight is 494 g/mol. The summed E-state index contributed by atoms with van der Waals surface area (Å²) in [5, 5.41) is 22.1. The SMILES string of the molecule is O=[N+]([O-])c1ccc(O)c(CP(Br)(c2ccccc2)(c2ccccc2)c2ccccc2)c1. The number of halogens is 1. The molecule has 0 saturated carbocycles. The fourth-order valence-electron chi connectivity index (χ4n) is 4.07. The molecule has 4 aromatic carbocycles. The van der Waals surface area contributed by atoms with E-state index < -0.39 is 10.2 Å². The Labute approximate surface area is 189 Å². The molecule has 0 aliphatic heterocycles. The summed E-state index contributed by atoms with van der Waals surface area (Å²) in [5.74, 6) is 0.0434. The second kappa shape index (κ2) is 8.26. The van der Waals surface area contributed by atoms with Crippen LogP contribution in [0.2, 0.25) is 0 Å². The first-order valence-corrected chi connectivity index (χ1v) is 14.2. The second-order valence-electron chi connectivity index (χ2n) is 7.42. The van der Waals surface area contributed by atoms with Crippen LogP contribution in [0.4, 0.5) is 5.69 Å². The van der Waals surface area contributed by atoms with E-state index in [1.165, 1.54) is 18.2 Å². The number of nitrogens with zero attached hydrogens (tertiary/aromatic N) is 1. The van der Waals surface area contributed by atoms with Gasteiger partial charge in [0, 0.05) is 0 Å². The molecule has 0 amide bonds. The van der Waals surface area contributed by atoms with Gasteiger partial charge in [-0.1, -0.05) is 0 Å². The molecule has 0 atom stereocenters. The Morgan fingerprint density at radius 1 is 0.742 bits per heavy atom. The molecule has 31 heavy (non-hydrogen) atoms. The molecule has 0 heterocycles. The van der Waals surface area contributed by atoms with Crippen LogP contribution in [0.5, 0.6) is 5.75 Å². The number of benzene rings is 4. The number of hydrogen-bond acceptors (Lipinski definition) is 3. The molecular weight excluding hydrogens is 473 g/mol. The number of nitro benzene ring substituents is 1. The molecule has 0 saturated heterocycles. The summed E-state index contributed by atoms with van der Waals surface area (Å²) in [6, 6.07) is 34.6. The van der Waals surface area contributed by atoms with Crippen molar-refractivity contribution in [3.8, 4) is 5.75 Å². The fourth-order valence-corrected chi connectivity index (χ4v) is 11.7. The zero-order chi connectivity index (χ0) is 21.9. The Bertz CT molecular complexity index is 1120. The Morgan fingerprint density at radius 2 is 1.16 bits per heavy atom. The van der Waals surface area contributed by atoms with Gasteiger partial charge in [-0.2, -0.15) is 0 Å². The molecule has 0 spiro atoms. The third kappa shape index (κ3) is 3.65. The van der Waals surface area contributed by atoms with Gasteiger partial charge in [0.1, 0.15) is 0 Å². The van der Waals surface area contributed by atoms with Crippen molar-refractivity contribution in [3.05, 3.63) is 125 Å². The first kappa shape index (κ1) is 21.2. The molecular formula is C25H21BrNO3P. The fraction of sp³-hybridized carbons (Fsp3) is 0.0400. The minimum atomic E-state index is -3.34. The van der Waals surface area contributed by atoms with E-state index in [2.05, 4.69) is 51.9 Å². The molecule has 4 rings (SSSR count). The van der Waals surface area contributed by atoms with E-state index in [1.807, 2.05) is 54.6 Å².